The number of amides is 1. The zero-order chi connectivity index (χ0) is 22.5. The van der Waals surface area contributed by atoms with Crippen LogP contribution in [-0.4, -0.2) is 43.8 Å². The van der Waals surface area contributed by atoms with Gasteiger partial charge in [0, 0.05) is 29.4 Å². The van der Waals surface area contributed by atoms with E-state index in [2.05, 4.69) is 25.5 Å². The lowest BCUT2D eigenvalue weighted by Gasteiger charge is -2.13. The molecule has 4 rings (SSSR count). The van der Waals surface area contributed by atoms with Crippen molar-refractivity contribution in [2.24, 2.45) is 0 Å². The molecule has 1 amide bonds. The quantitative estimate of drug-likeness (QED) is 0.388. The van der Waals surface area contributed by atoms with Gasteiger partial charge in [0.25, 0.3) is 5.91 Å². The summed E-state index contributed by atoms with van der Waals surface area (Å²) in [5.74, 6) is 1.80. The summed E-state index contributed by atoms with van der Waals surface area (Å²) >= 11 is 2.96. The number of nitrogens with zero attached hydrogens (tertiary/aromatic N) is 5. The number of carbonyl (C=O) groups excluding carboxylic acids is 1. The highest BCUT2D eigenvalue weighted by molar-refractivity contribution is 7.98. The molecule has 0 unspecified atom stereocenters. The second kappa shape index (κ2) is 9.92. The van der Waals surface area contributed by atoms with E-state index < -0.39 is 0 Å². The Balaban J connectivity index is 1.64. The average Bonchev–Trinajstić information content (AvgIpc) is 3.45. The van der Waals surface area contributed by atoms with Crippen molar-refractivity contribution >= 4 is 29.0 Å². The number of rotatable bonds is 8. The molecule has 0 fully saturated rings. The topological polar surface area (TPSA) is 94.8 Å². The Labute approximate surface area is 194 Å². The van der Waals surface area contributed by atoms with Crippen molar-refractivity contribution in [1.82, 2.24) is 30.0 Å². The van der Waals surface area contributed by atoms with Crippen LogP contribution < -0.4 is 10.1 Å². The first-order valence-corrected chi connectivity index (χ1v) is 11.8. The van der Waals surface area contributed by atoms with Gasteiger partial charge in [-0.25, -0.2) is 4.98 Å². The third-order valence-corrected chi connectivity index (χ3v) is 6.40. The molecular weight excluding hydrogens is 444 g/mol. The summed E-state index contributed by atoms with van der Waals surface area (Å²) in [4.78, 5) is 20.8. The number of hydrogen-bond donors (Lipinski definition) is 1. The molecule has 3 heterocycles. The smallest absolute Gasteiger partial charge is 0.270 e. The fraction of sp³-hybridized carbons (Fsp3) is 0.227. The highest BCUT2D eigenvalue weighted by Crippen LogP contribution is 2.33. The summed E-state index contributed by atoms with van der Waals surface area (Å²) in [6.07, 6.45) is 3.45. The molecule has 8 nitrogen and oxygen atoms in total. The first-order valence-electron chi connectivity index (χ1n) is 9.94. The van der Waals surface area contributed by atoms with Gasteiger partial charge in [-0.1, -0.05) is 23.9 Å². The Morgan fingerprint density at radius 3 is 2.72 bits per heavy atom. The van der Waals surface area contributed by atoms with E-state index in [0.717, 1.165) is 16.3 Å². The third kappa shape index (κ3) is 4.81. The van der Waals surface area contributed by atoms with Crippen LogP contribution in [0.15, 0.2) is 59.3 Å². The molecule has 0 saturated carbocycles. The Hall–Kier alpha value is -3.24. The van der Waals surface area contributed by atoms with E-state index >= 15 is 0 Å². The molecule has 4 aromatic rings. The molecule has 0 bridgehead atoms. The summed E-state index contributed by atoms with van der Waals surface area (Å²) in [6.45, 7) is 3.85. The lowest BCUT2D eigenvalue weighted by molar-refractivity contribution is 0.0938. The van der Waals surface area contributed by atoms with Crippen LogP contribution in [0.4, 0.5) is 0 Å². The molecule has 0 atom stereocenters. The predicted molar refractivity (Wildman–Crippen MR) is 125 cm³/mol. The Bertz CT molecular complexity index is 1210. The summed E-state index contributed by atoms with van der Waals surface area (Å²) in [5, 5.41) is 15.1. The first-order chi connectivity index (χ1) is 15.6. The number of benzene rings is 1. The molecule has 0 aliphatic carbocycles. The fourth-order valence-corrected chi connectivity index (χ4v) is 4.76. The van der Waals surface area contributed by atoms with E-state index in [0.29, 0.717) is 28.2 Å². The van der Waals surface area contributed by atoms with E-state index in [-0.39, 0.29) is 11.9 Å². The van der Waals surface area contributed by atoms with Crippen molar-refractivity contribution < 1.29 is 9.53 Å². The van der Waals surface area contributed by atoms with Crippen LogP contribution in [-0.2, 0) is 5.75 Å². The average molecular weight is 467 g/mol. The monoisotopic (exact) mass is 466 g/mol. The lowest BCUT2D eigenvalue weighted by atomic mass is 10.2. The Morgan fingerprint density at radius 1 is 1.19 bits per heavy atom. The Morgan fingerprint density at radius 2 is 1.97 bits per heavy atom. The van der Waals surface area contributed by atoms with E-state index in [1.165, 1.54) is 23.1 Å². The molecule has 1 aromatic carbocycles. The molecule has 3 aromatic heterocycles. The number of carbonyl (C=O) groups is 1. The van der Waals surface area contributed by atoms with Crippen LogP contribution in [0, 0.1) is 0 Å². The minimum Gasteiger partial charge on any atom is -0.495 e. The van der Waals surface area contributed by atoms with Crippen molar-refractivity contribution in [2.75, 3.05) is 7.11 Å². The minimum absolute atomic E-state index is 0.0630. The maximum atomic E-state index is 12.2. The first kappa shape index (κ1) is 22.0. The van der Waals surface area contributed by atoms with E-state index in [1.807, 2.05) is 54.8 Å². The number of thiazole rings is 1. The molecule has 10 heteroatoms. The van der Waals surface area contributed by atoms with Gasteiger partial charge in [0.05, 0.1) is 18.6 Å². The lowest BCUT2D eigenvalue weighted by Crippen LogP contribution is -2.30. The van der Waals surface area contributed by atoms with Crippen molar-refractivity contribution in [1.29, 1.82) is 0 Å². The maximum Gasteiger partial charge on any atom is 0.270 e. The molecule has 164 valence electrons. The van der Waals surface area contributed by atoms with E-state index in [4.69, 9.17) is 4.74 Å². The largest absolute Gasteiger partial charge is 0.495 e. The highest BCUT2D eigenvalue weighted by atomic mass is 32.2. The van der Waals surface area contributed by atoms with Crippen molar-refractivity contribution in [3.05, 3.63) is 64.9 Å². The number of ether oxygens (including phenoxy) is 1. The van der Waals surface area contributed by atoms with E-state index in [9.17, 15) is 4.79 Å². The number of thioether (sulfide) groups is 1. The number of hydrogen-bond acceptors (Lipinski definition) is 8. The van der Waals surface area contributed by atoms with Gasteiger partial charge in [-0.2, -0.15) is 0 Å². The number of pyridine rings is 1. The zero-order valence-corrected chi connectivity index (χ0v) is 19.5. The third-order valence-electron chi connectivity index (χ3n) is 4.43. The minimum atomic E-state index is -0.162. The normalized spacial score (nSPS) is 11.0. The predicted octanol–water partition coefficient (Wildman–Crippen LogP) is 4.22. The van der Waals surface area contributed by atoms with Crippen LogP contribution in [0.2, 0.25) is 0 Å². The molecular formula is C22H22N6O2S2. The van der Waals surface area contributed by atoms with Crippen LogP contribution in [0.5, 0.6) is 5.75 Å². The molecule has 0 aliphatic heterocycles. The highest BCUT2D eigenvalue weighted by Gasteiger charge is 2.20. The fourth-order valence-electron chi connectivity index (χ4n) is 3.03. The van der Waals surface area contributed by atoms with Crippen LogP contribution in [0.25, 0.3) is 17.1 Å². The molecule has 32 heavy (non-hydrogen) atoms. The Kier molecular flexibility index (Phi) is 6.81. The second-order valence-corrected chi connectivity index (χ2v) is 8.98. The summed E-state index contributed by atoms with van der Waals surface area (Å²) in [5.41, 5.74) is 2.17. The van der Waals surface area contributed by atoms with Crippen LogP contribution in [0.1, 0.15) is 29.3 Å². The molecule has 0 saturated heterocycles. The van der Waals surface area contributed by atoms with Gasteiger partial charge >= 0.3 is 0 Å². The summed E-state index contributed by atoms with van der Waals surface area (Å²) < 4.78 is 7.56. The number of aromatic nitrogens is 5. The SMILES string of the molecule is COc1ccccc1-n1c(SCc2nc(C(=O)NC(C)C)cs2)nnc1-c1ccncc1. The number of para-hydroxylation sites is 2. The summed E-state index contributed by atoms with van der Waals surface area (Å²) in [7, 11) is 1.64. The van der Waals surface area contributed by atoms with Crippen molar-refractivity contribution in [3.8, 4) is 22.8 Å². The molecule has 0 aliphatic rings. The number of nitrogens with one attached hydrogen (secondary N) is 1. The molecule has 0 radical (unpaired) electrons. The van der Waals surface area contributed by atoms with Gasteiger partial charge in [-0.3, -0.25) is 14.3 Å². The van der Waals surface area contributed by atoms with Gasteiger partial charge in [0.1, 0.15) is 16.5 Å². The van der Waals surface area contributed by atoms with Crippen LogP contribution >= 0.6 is 23.1 Å². The zero-order valence-electron chi connectivity index (χ0n) is 17.8. The van der Waals surface area contributed by atoms with E-state index in [1.54, 1.807) is 24.9 Å². The van der Waals surface area contributed by atoms with Gasteiger partial charge in [-0.05, 0) is 38.1 Å². The maximum absolute atomic E-state index is 12.2. The summed E-state index contributed by atoms with van der Waals surface area (Å²) in [6, 6.07) is 11.6. The van der Waals surface area contributed by atoms with Gasteiger partial charge in [0.15, 0.2) is 11.0 Å². The molecule has 1 N–H and O–H groups in total. The second-order valence-electron chi connectivity index (χ2n) is 7.09. The van der Waals surface area contributed by atoms with Crippen LogP contribution in [0.3, 0.4) is 0 Å². The van der Waals surface area contributed by atoms with Crippen molar-refractivity contribution in [3.63, 3.8) is 0 Å². The number of methoxy groups -OCH3 is 1. The standard InChI is InChI=1S/C22H22N6O2S2/c1-14(2)24-21(29)16-12-31-19(25-16)13-32-22-27-26-20(15-8-10-23-11-9-15)28(22)17-6-4-5-7-18(17)30-3/h4-12,14H,13H2,1-3H3,(H,24,29). The van der Waals surface area contributed by atoms with Crippen molar-refractivity contribution in [2.45, 2.75) is 30.8 Å². The van der Waals surface area contributed by atoms with Gasteiger partial charge < -0.3 is 10.1 Å². The molecule has 0 spiro atoms. The van der Waals surface area contributed by atoms with Gasteiger partial charge in [-0.15, -0.1) is 21.5 Å². The van der Waals surface area contributed by atoms with Gasteiger partial charge in [0.2, 0.25) is 0 Å².